The summed E-state index contributed by atoms with van der Waals surface area (Å²) in [6.45, 7) is 7.45. The fraction of sp³-hybridized carbons (Fsp3) is 0.600. The zero-order valence-electron chi connectivity index (χ0n) is 18.1. The number of guanidine groups is 1. The molecule has 1 amide bonds. The van der Waals surface area contributed by atoms with Crippen molar-refractivity contribution in [3.8, 4) is 11.5 Å². The van der Waals surface area contributed by atoms with E-state index in [0.29, 0.717) is 62.4 Å². The largest absolute Gasteiger partial charge is 0.497 e. The quantitative estimate of drug-likeness (QED) is 0.313. The SMILES string of the molecule is CCNC(=NCC(O)c1cc(OC)ccc1OC)N1CCN(C(=O)OCC)CC1.I. The van der Waals surface area contributed by atoms with Gasteiger partial charge in [0.05, 0.1) is 27.4 Å². The smallest absolute Gasteiger partial charge is 0.409 e. The summed E-state index contributed by atoms with van der Waals surface area (Å²) in [4.78, 5) is 20.2. The molecule has 0 bridgehead atoms. The number of aliphatic hydroxyl groups is 1. The molecule has 0 saturated carbocycles. The van der Waals surface area contributed by atoms with Gasteiger partial charge < -0.3 is 34.4 Å². The average Bonchev–Trinajstić information content (AvgIpc) is 2.76. The standard InChI is InChI=1S/C20H32N4O5.HI/c1-5-21-19(23-9-11-24(12-10-23)20(26)29-6-2)22-14-17(25)16-13-15(27-3)7-8-18(16)28-4;/h7-8,13,17,25H,5-6,9-12,14H2,1-4H3,(H,21,22);1H. The molecule has 30 heavy (non-hydrogen) atoms. The van der Waals surface area contributed by atoms with Crippen molar-refractivity contribution >= 4 is 36.0 Å². The third kappa shape index (κ3) is 7.08. The van der Waals surface area contributed by atoms with Crippen LogP contribution in [-0.2, 0) is 4.74 Å². The van der Waals surface area contributed by atoms with Crippen LogP contribution in [0.3, 0.4) is 0 Å². The van der Waals surface area contributed by atoms with E-state index >= 15 is 0 Å². The number of ether oxygens (including phenoxy) is 3. The van der Waals surface area contributed by atoms with Crippen LogP contribution in [-0.4, -0.2) is 87.1 Å². The van der Waals surface area contributed by atoms with Crippen LogP contribution in [0.5, 0.6) is 11.5 Å². The second-order valence-corrected chi connectivity index (χ2v) is 6.49. The van der Waals surface area contributed by atoms with Gasteiger partial charge in [0.25, 0.3) is 0 Å². The van der Waals surface area contributed by atoms with E-state index in [4.69, 9.17) is 14.2 Å². The lowest BCUT2D eigenvalue weighted by Gasteiger charge is -2.36. The van der Waals surface area contributed by atoms with Gasteiger partial charge in [-0.1, -0.05) is 0 Å². The average molecular weight is 536 g/mol. The topological polar surface area (TPSA) is 95.9 Å². The van der Waals surface area contributed by atoms with E-state index in [-0.39, 0.29) is 36.6 Å². The van der Waals surface area contributed by atoms with Crippen LogP contribution < -0.4 is 14.8 Å². The lowest BCUT2D eigenvalue weighted by atomic mass is 10.1. The third-order valence-corrected chi connectivity index (χ3v) is 4.65. The van der Waals surface area contributed by atoms with Crippen LogP contribution in [0, 0.1) is 0 Å². The molecule has 2 rings (SSSR count). The highest BCUT2D eigenvalue weighted by Crippen LogP contribution is 2.29. The van der Waals surface area contributed by atoms with Gasteiger partial charge in [-0.3, -0.25) is 4.99 Å². The van der Waals surface area contributed by atoms with Crippen LogP contribution in [0.25, 0.3) is 0 Å². The van der Waals surface area contributed by atoms with Crippen molar-refractivity contribution in [1.29, 1.82) is 0 Å². The Morgan fingerprint density at radius 3 is 2.40 bits per heavy atom. The van der Waals surface area contributed by atoms with Crippen LogP contribution in [0.4, 0.5) is 4.79 Å². The highest BCUT2D eigenvalue weighted by atomic mass is 127. The first-order chi connectivity index (χ1) is 14.0. The minimum atomic E-state index is -0.838. The molecule has 10 heteroatoms. The summed E-state index contributed by atoms with van der Waals surface area (Å²) >= 11 is 0. The summed E-state index contributed by atoms with van der Waals surface area (Å²) in [6, 6.07) is 5.30. The minimum Gasteiger partial charge on any atom is -0.497 e. The van der Waals surface area contributed by atoms with Gasteiger partial charge in [-0.05, 0) is 32.0 Å². The predicted molar refractivity (Wildman–Crippen MR) is 126 cm³/mol. The molecule has 1 aliphatic heterocycles. The maximum atomic E-state index is 11.9. The second kappa shape index (κ2) is 13.4. The van der Waals surface area contributed by atoms with E-state index in [1.54, 1.807) is 44.2 Å². The molecule has 2 N–H and O–H groups in total. The Hall–Kier alpha value is -1.95. The van der Waals surface area contributed by atoms with Crippen LogP contribution >= 0.6 is 24.0 Å². The Kier molecular flexibility index (Phi) is 11.6. The summed E-state index contributed by atoms with van der Waals surface area (Å²) < 4.78 is 15.7. The number of halogens is 1. The zero-order valence-corrected chi connectivity index (χ0v) is 20.4. The molecule has 1 aliphatic rings. The molecular formula is C20H33IN4O5. The normalized spacial score (nSPS) is 15.2. The lowest BCUT2D eigenvalue weighted by molar-refractivity contribution is 0.0914. The van der Waals surface area contributed by atoms with Gasteiger partial charge in [-0.25, -0.2) is 4.79 Å². The van der Waals surface area contributed by atoms with Gasteiger partial charge >= 0.3 is 6.09 Å². The van der Waals surface area contributed by atoms with Gasteiger partial charge in [-0.2, -0.15) is 0 Å². The molecule has 0 aliphatic carbocycles. The molecule has 1 aromatic rings. The number of carbonyl (C=O) groups excluding carboxylic acids is 1. The van der Waals surface area contributed by atoms with Crippen LogP contribution in [0.1, 0.15) is 25.5 Å². The first kappa shape index (κ1) is 26.1. The highest BCUT2D eigenvalue weighted by molar-refractivity contribution is 14.0. The van der Waals surface area contributed by atoms with E-state index in [9.17, 15) is 9.90 Å². The summed E-state index contributed by atoms with van der Waals surface area (Å²) in [5.41, 5.74) is 0.624. The van der Waals surface area contributed by atoms with Crippen molar-refractivity contribution in [2.24, 2.45) is 4.99 Å². The third-order valence-electron chi connectivity index (χ3n) is 4.65. The van der Waals surface area contributed by atoms with Crippen molar-refractivity contribution in [2.45, 2.75) is 20.0 Å². The van der Waals surface area contributed by atoms with E-state index < -0.39 is 6.10 Å². The minimum absolute atomic E-state index is 0. The number of benzene rings is 1. The number of nitrogens with zero attached hydrogens (tertiary/aromatic N) is 3. The molecule has 170 valence electrons. The molecule has 0 spiro atoms. The van der Waals surface area contributed by atoms with Crippen molar-refractivity contribution < 1.29 is 24.1 Å². The lowest BCUT2D eigenvalue weighted by Crippen LogP contribution is -2.54. The highest BCUT2D eigenvalue weighted by Gasteiger charge is 2.24. The first-order valence-corrected chi connectivity index (χ1v) is 9.88. The van der Waals surface area contributed by atoms with E-state index in [0.717, 1.165) is 0 Å². The second-order valence-electron chi connectivity index (χ2n) is 6.49. The molecule has 9 nitrogen and oxygen atoms in total. The fourth-order valence-electron chi connectivity index (χ4n) is 3.11. The van der Waals surface area contributed by atoms with Gasteiger partial charge in [0.15, 0.2) is 5.96 Å². The number of hydrogen-bond acceptors (Lipinski definition) is 6. The number of nitrogens with one attached hydrogen (secondary N) is 1. The molecule has 1 aromatic carbocycles. The van der Waals surface area contributed by atoms with Gasteiger partial charge in [0.2, 0.25) is 0 Å². The summed E-state index contributed by atoms with van der Waals surface area (Å²) in [7, 11) is 3.14. The van der Waals surface area contributed by atoms with Crippen LogP contribution in [0.2, 0.25) is 0 Å². The molecule has 1 fully saturated rings. The molecular weight excluding hydrogens is 503 g/mol. The number of aliphatic hydroxyl groups excluding tert-OH is 1. The summed E-state index contributed by atoms with van der Waals surface area (Å²) in [6.07, 6.45) is -1.12. The van der Waals surface area contributed by atoms with Crippen LogP contribution in [0.15, 0.2) is 23.2 Å². The van der Waals surface area contributed by atoms with Gasteiger partial charge in [0.1, 0.15) is 17.6 Å². The predicted octanol–water partition coefficient (Wildman–Crippen LogP) is 2.09. The number of carbonyl (C=O) groups is 1. The van der Waals surface area contributed by atoms with Crippen molar-refractivity contribution in [1.82, 2.24) is 15.1 Å². The van der Waals surface area contributed by atoms with E-state index in [1.807, 2.05) is 6.92 Å². The number of amides is 1. The molecule has 0 aromatic heterocycles. The maximum Gasteiger partial charge on any atom is 0.409 e. The fourth-order valence-corrected chi connectivity index (χ4v) is 3.11. The van der Waals surface area contributed by atoms with Crippen molar-refractivity contribution in [3.05, 3.63) is 23.8 Å². The monoisotopic (exact) mass is 536 g/mol. The van der Waals surface area contributed by atoms with Crippen molar-refractivity contribution in [3.63, 3.8) is 0 Å². The Morgan fingerprint density at radius 1 is 1.17 bits per heavy atom. The molecule has 1 saturated heterocycles. The Labute approximate surface area is 195 Å². The van der Waals surface area contributed by atoms with E-state index in [1.165, 1.54) is 0 Å². The Balaban J connectivity index is 0.00000450. The molecule has 0 radical (unpaired) electrons. The van der Waals surface area contributed by atoms with E-state index in [2.05, 4.69) is 15.2 Å². The number of hydrogen-bond donors (Lipinski definition) is 2. The zero-order chi connectivity index (χ0) is 21.2. The number of rotatable bonds is 7. The number of piperazine rings is 1. The number of methoxy groups -OCH3 is 2. The molecule has 1 atom stereocenters. The summed E-state index contributed by atoms with van der Waals surface area (Å²) in [5.74, 6) is 1.93. The van der Waals surface area contributed by atoms with Crippen molar-refractivity contribution in [2.75, 3.05) is 60.1 Å². The first-order valence-electron chi connectivity index (χ1n) is 9.88. The van der Waals surface area contributed by atoms with Gasteiger partial charge in [-0.15, -0.1) is 24.0 Å². The number of aliphatic imine (C=N–C) groups is 1. The molecule has 1 unspecified atom stereocenters. The Bertz CT molecular complexity index is 696. The Morgan fingerprint density at radius 2 is 1.83 bits per heavy atom. The molecule has 1 heterocycles. The van der Waals surface area contributed by atoms with Gasteiger partial charge in [0, 0.05) is 38.3 Å². The summed E-state index contributed by atoms with van der Waals surface area (Å²) in [5, 5.41) is 13.9. The maximum absolute atomic E-state index is 11.9.